The van der Waals surface area contributed by atoms with Gasteiger partial charge in [0.25, 0.3) is 0 Å². The third-order valence-corrected chi connectivity index (χ3v) is 3.76. The van der Waals surface area contributed by atoms with Crippen molar-refractivity contribution in [3.63, 3.8) is 0 Å². The molecule has 2 nitrogen and oxygen atoms in total. The van der Waals surface area contributed by atoms with Gasteiger partial charge in [-0.3, -0.25) is 4.79 Å². The van der Waals surface area contributed by atoms with Crippen LogP contribution in [0.15, 0.2) is 12.1 Å². The predicted octanol–water partition coefficient (Wildman–Crippen LogP) is 2.85. The Kier molecular flexibility index (Phi) is 1.67. The molecule has 1 aromatic rings. The number of rotatable bonds is 0. The quantitative estimate of drug-likeness (QED) is 0.723. The smallest absolute Gasteiger partial charge is 0.235 e. The number of benzene rings is 1. The Labute approximate surface area is 91.4 Å². The van der Waals surface area contributed by atoms with Crippen molar-refractivity contribution in [2.45, 2.75) is 24.7 Å². The maximum Gasteiger partial charge on any atom is 0.235 e. The number of nitrogens with one attached hydrogen (secondary N) is 1. The van der Waals surface area contributed by atoms with Crippen LogP contribution in [0.25, 0.3) is 0 Å². The molecule has 1 amide bonds. The molecule has 0 radical (unpaired) electrons. The molecule has 78 valence electrons. The number of anilines is 1. The molecule has 1 N–H and O–H groups in total. The monoisotopic (exact) mass is 225 g/mol. The molecular weight excluding hydrogens is 217 g/mol. The Morgan fingerprint density at radius 1 is 1.40 bits per heavy atom. The van der Waals surface area contributed by atoms with E-state index >= 15 is 0 Å². The van der Waals surface area contributed by atoms with E-state index in [4.69, 9.17) is 11.6 Å². The lowest BCUT2D eigenvalue weighted by Gasteiger charge is -2.36. The molecule has 15 heavy (non-hydrogen) atoms. The number of fused-ring (bicyclic) bond motifs is 2. The van der Waals surface area contributed by atoms with Gasteiger partial charge in [0.1, 0.15) is 5.82 Å². The average Bonchev–Trinajstić information content (AvgIpc) is 2.37. The molecule has 0 bridgehead atoms. The van der Waals surface area contributed by atoms with Crippen LogP contribution in [0.5, 0.6) is 0 Å². The minimum Gasteiger partial charge on any atom is -0.325 e. The fourth-order valence-corrected chi connectivity index (χ4v) is 2.60. The molecule has 1 aromatic carbocycles. The Morgan fingerprint density at radius 3 is 2.73 bits per heavy atom. The maximum absolute atomic E-state index is 13.3. The van der Waals surface area contributed by atoms with E-state index in [0.717, 1.165) is 24.8 Å². The second-order valence-corrected chi connectivity index (χ2v) is 4.61. The molecule has 0 aromatic heterocycles. The molecule has 2 aliphatic rings. The minimum atomic E-state index is -0.458. The Bertz CT molecular complexity index is 468. The summed E-state index contributed by atoms with van der Waals surface area (Å²) in [6, 6.07) is 2.89. The first kappa shape index (κ1) is 9.16. The Hall–Kier alpha value is -1.09. The van der Waals surface area contributed by atoms with Gasteiger partial charge in [-0.15, -0.1) is 0 Å². The summed E-state index contributed by atoms with van der Waals surface area (Å²) in [5, 5.41) is 2.83. The van der Waals surface area contributed by atoms with Crippen molar-refractivity contribution in [3.8, 4) is 0 Å². The second-order valence-electron chi connectivity index (χ2n) is 4.20. The zero-order valence-electron chi connectivity index (χ0n) is 7.94. The molecule has 0 atom stereocenters. The summed E-state index contributed by atoms with van der Waals surface area (Å²) in [5.41, 5.74) is 0.993. The highest BCUT2D eigenvalue weighted by Crippen LogP contribution is 2.51. The van der Waals surface area contributed by atoms with E-state index in [9.17, 15) is 9.18 Å². The molecule has 1 heterocycles. The first-order valence-electron chi connectivity index (χ1n) is 4.94. The van der Waals surface area contributed by atoms with E-state index in [0.29, 0.717) is 5.69 Å². The SMILES string of the molecule is O=C1Nc2cc(Cl)c(F)cc2C12CCC2. The lowest BCUT2D eigenvalue weighted by molar-refractivity contribution is -0.123. The fraction of sp³-hybridized carbons (Fsp3) is 0.364. The highest BCUT2D eigenvalue weighted by Gasteiger charge is 2.51. The number of hydrogen-bond acceptors (Lipinski definition) is 1. The van der Waals surface area contributed by atoms with Crippen molar-refractivity contribution < 1.29 is 9.18 Å². The summed E-state index contributed by atoms with van der Waals surface area (Å²) >= 11 is 5.67. The van der Waals surface area contributed by atoms with Gasteiger partial charge < -0.3 is 5.32 Å². The van der Waals surface area contributed by atoms with Crippen LogP contribution >= 0.6 is 11.6 Å². The third kappa shape index (κ3) is 1.01. The summed E-state index contributed by atoms with van der Waals surface area (Å²) in [5.74, 6) is -0.455. The van der Waals surface area contributed by atoms with Gasteiger partial charge in [0.15, 0.2) is 0 Å². The van der Waals surface area contributed by atoms with Gasteiger partial charge in [-0.2, -0.15) is 0 Å². The molecule has 3 rings (SSSR count). The number of halogens is 2. The van der Waals surface area contributed by atoms with Crippen LogP contribution in [0, 0.1) is 5.82 Å². The number of hydrogen-bond donors (Lipinski definition) is 1. The maximum atomic E-state index is 13.3. The predicted molar refractivity (Wildman–Crippen MR) is 55.6 cm³/mol. The van der Waals surface area contributed by atoms with Gasteiger partial charge >= 0.3 is 0 Å². The molecule has 1 aliphatic heterocycles. The second kappa shape index (κ2) is 2.73. The zero-order valence-corrected chi connectivity index (χ0v) is 8.70. The Morgan fingerprint density at radius 2 is 2.13 bits per heavy atom. The van der Waals surface area contributed by atoms with E-state index in [-0.39, 0.29) is 10.9 Å². The number of amides is 1. The van der Waals surface area contributed by atoms with Crippen LogP contribution in [0.2, 0.25) is 5.02 Å². The standard InChI is InChI=1S/C11H9ClFNO/c12-7-5-9-6(4-8(7)13)11(2-1-3-11)10(15)14-9/h4-5H,1-3H2,(H,14,15). The van der Waals surface area contributed by atoms with E-state index in [1.807, 2.05) is 0 Å². The Balaban J connectivity index is 2.21. The van der Waals surface area contributed by atoms with Crippen molar-refractivity contribution in [2.24, 2.45) is 0 Å². The van der Waals surface area contributed by atoms with E-state index < -0.39 is 11.2 Å². The summed E-state index contributed by atoms with van der Waals surface area (Å²) in [6.07, 6.45) is 2.65. The van der Waals surface area contributed by atoms with Crippen molar-refractivity contribution in [1.29, 1.82) is 0 Å². The van der Waals surface area contributed by atoms with Gasteiger partial charge in [-0.1, -0.05) is 18.0 Å². The van der Waals surface area contributed by atoms with Gasteiger partial charge in [-0.05, 0) is 30.5 Å². The van der Waals surface area contributed by atoms with Crippen LogP contribution in [0.4, 0.5) is 10.1 Å². The molecule has 1 aliphatic carbocycles. The average molecular weight is 226 g/mol. The summed E-state index contributed by atoms with van der Waals surface area (Å²) in [7, 11) is 0. The summed E-state index contributed by atoms with van der Waals surface area (Å²) < 4.78 is 13.3. The van der Waals surface area contributed by atoms with Gasteiger partial charge in [0, 0.05) is 5.69 Å². The van der Waals surface area contributed by atoms with Crippen molar-refractivity contribution in [2.75, 3.05) is 5.32 Å². The van der Waals surface area contributed by atoms with Crippen LogP contribution in [0.1, 0.15) is 24.8 Å². The fourth-order valence-electron chi connectivity index (χ4n) is 2.44. The molecule has 1 spiro atoms. The van der Waals surface area contributed by atoms with Crippen molar-refractivity contribution in [3.05, 3.63) is 28.5 Å². The van der Waals surface area contributed by atoms with Crippen molar-refractivity contribution in [1.82, 2.24) is 0 Å². The van der Waals surface area contributed by atoms with Gasteiger partial charge in [0.2, 0.25) is 5.91 Å². The first-order chi connectivity index (χ1) is 7.13. The minimum absolute atomic E-state index is 0.00887. The van der Waals surface area contributed by atoms with Gasteiger partial charge in [-0.25, -0.2) is 4.39 Å². The zero-order chi connectivity index (χ0) is 10.6. The number of carbonyl (C=O) groups is 1. The van der Waals surface area contributed by atoms with Crippen LogP contribution < -0.4 is 5.32 Å². The molecule has 4 heteroatoms. The van der Waals surface area contributed by atoms with E-state index in [2.05, 4.69) is 5.32 Å². The number of carbonyl (C=O) groups excluding carboxylic acids is 1. The van der Waals surface area contributed by atoms with Crippen molar-refractivity contribution >= 4 is 23.2 Å². The third-order valence-electron chi connectivity index (χ3n) is 3.47. The molecule has 1 saturated carbocycles. The lowest BCUT2D eigenvalue weighted by Crippen LogP contribution is -2.40. The van der Waals surface area contributed by atoms with E-state index in [1.54, 1.807) is 0 Å². The largest absolute Gasteiger partial charge is 0.325 e. The van der Waals surface area contributed by atoms with Crippen LogP contribution in [-0.4, -0.2) is 5.91 Å². The normalized spacial score (nSPS) is 21.1. The van der Waals surface area contributed by atoms with Crippen LogP contribution in [0.3, 0.4) is 0 Å². The summed E-state index contributed by atoms with van der Waals surface area (Å²) in [4.78, 5) is 11.8. The highest BCUT2D eigenvalue weighted by molar-refractivity contribution is 6.31. The van der Waals surface area contributed by atoms with E-state index in [1.165, 1.54) is 12.1 Å². The van der Waals surface area contributed by atoms with Gasteiger partial charge in [0.05, 0.1) is 10.4 Å². The molecular formula is C11H9ClFNO. The molecule has 1 fully saturated rings. The molecule has 0 unspecified atom stereocenters. The lowest BCUT2D eigenvalue weighted by atomic mass is 9.65. The topological polar surface area (TPSA) is 29.1 Å². The molecule has 0 saturated heterocycles. The summed E-state index contributed by atoms with van der Waals surface area (Å²) in [6.45, 7) is 0. The highest BCUT2D eigenvalue weighted by atomic mass is 35.5. The van der Waals surface area contributed by atoms with Crippen LogP contribution in [-0.2, 0) is 10.2 Å². The first-order valence-corrected chi connectivity index (χ1v) is 5.32.